The van der Waals surface area contributed by atoms with E-state index in [1.165, 1.54) is 4.90 Å². The molecule has 0 spiro atoms. The van der Waals surface area contributed by atoms with E-state index in [-0.39, 0.29) is 17.7 Å². The average molecular weight is 503 g/mol. The van der Waals surface area contributed by atoms with Gasteiger partial charge in [-0.3, -0.25) is 14.6 Å². The zero-order valence-electron chi connectivity index (χ0n) is 20.1. The van der Waals surface area contributed by atoms with Crippen molar-refractivity contribution in [2.24, 2.45) is 16.8 Å². The first-order valence-electron chi connectivity index (χ1n) is 12.5. The lowest BCUT2D eigenvalue weighted by Crippen LogP contribution is -2.51. The minimum atomic E-state index is -0.915. The molecule has 0 saturated carbocycles. The van der Waals surface area contributed by atoms with Crippen LogP contribution in [0, 0.1) is 18.8 Å². The fourth-order valence-electron chi connectivity index (χ4n) is 6.67. The van der Waals surface area contributed by atoms with Crippen LogP contribution in [0.3, 0.4) is 0 Å². The van der Waals surface area contributed by atoms with Crippen molar-refractivity contribution < 1.29 is 9.59 Å². The predicted molar refractivity (Wildman–Crippen MR) is 146 cm³/mol. The van der Waals surface area contributed by atoms with Gasteiger partial charge in [0.15, 0.2) is 0 Å². The summed E-state index contributed by atoms with van der Waals surface area (Å²) >= 11 is 6.53. The van der Waals surface area contributed by atoms with Gasteiger partial charge >= 0.3 is 0 Å². The van der Waals surface area contributed by atoms with E-state index in [1.807, 2.05) is 49.5 Å². The van der Waals surface area contributed by atoms with Crippen LogP contribution in [0.2, 0.25) is 5.02 Å². The van der Waals surface area contributed by atoms with Gasteiger partial charge in [0.2, 0.25) is 11.8 Å². The highest BCUT2D eigenvalue weighted by atomic mass is 35.5. The minimum Gasteiger partial charge on any atom is -0.274 e. The predicted octanol–water partition coefficient (Wildman–Crippen LogP) is 6.60. The number of nitrogens with zero attached hydrogens (tertiary/aromatic N) is 2. The van der Waals surface area contributed by atoms with Gasteiger partial charge in [-0.05, 0) is 52.9 Å². The summed E-state index contributed by atoms with van der Waals surface area (Å²) in [6.45, 7) is 2.02. The molecule has 4 aromatic carbocycles. The maximum Gasteiger partial charge on any atom is 0.239 e. The Morgan fingerprint density at radius 3 is 2.32 bits per heavy atom. The Balaban J connectivity index is 1.54. The number of carbonyl (C=O) groups is 2. The van der Waals surface area contributed by atoms with Gasteiger partial charge in [-0.1, -0.05) is 90.5 Å². The van der Waals surface area contributed by atoms with Gasteiger partial charge in [0.25, 0.3) is 0 Å². The molecular weight excluding hydrogens is 480 g/mol. The van der Waals surface area contributed by atoms with Crippen molar-refractivity contribution in [3.8, 4) is 0 Å². The van der Waals surface area contributed by atoms with Crippen molar-refractivity contribution >= 4 is 41.0 Å². The molecule has 4 aromatic rings. The Morgan fingerprint density at radius 2 is 1.54 bits per heavy atom. The quantitative estimate of drug-likeness (QED) is 0.234. The standard InChI is InChI=1S/C32H23ClN2O2/c1-19-8-2-6-12-25(19)34-18-32-21-16-14-20(15-17-21)27(22-9-3-4-10-23(22)32)28-29(32)31(37)35(30(28)36)26-13-7-5-11-24(26)33/h2-18,27-29H,1H3. The molecule has 1 fully saturated rings. The number of hydrogen-bond acceptors (Lipinski definition) is 3. The van der Waals surface area contributed by atoms with Gasteiger partial charge in [-0.25, -0.2) is 4.90 Å². The highest BCUT2D eigenvalue weighted by Gasteiger charge is 2.65. The zero-order chi connectivity index (χ0) is 25.3. The molecule has 4 nitrogen and oxygen atoms in total. The zero-order valence-corrected chi connectivity index (χ0v) is 20.9. The summed E-state index contributed by atoms with van der Waals surface area (Å²) in [6, 6.07) is 31.6. The molecule has 180 valence electrons. The largest absolute Gasteiger partial charge is 0.274 e. The second-order valence-electron chi connectivity index (χ2n) is 10.1. The highest BCUT2D eigenvalue weighted by molar-refractivity contribution is 6.36. The summed E-state index contributed by atoms with van der Waals surface area (Å²) in [5, 5.41) is 0.380. The number of aliphatic imine (C=N–C) groups is 1. The number of anilines is 1. The number of carbonyl (C=O) groups excluding carboxylic acids is 2. The van der Waals surface area contributed by atoms with Gasteiger partial charge in [0.1, 0.15) is 0 Å². The Labute approximate surface area is 220 Å². The normalized spacial score (nSPS) is 25.4. The van der Waals surface area contributed by atoms with Crippen LogP contribution in [0.1, 0.15) is 33.7 Å². The first-order valence-corrected chi connectivity index (χ1v) is 12.8. The smallest absolute Gasteiger partial charge is 0.239 e. The van der Waals surface area contributed by atoms with Crippen LogP contribution < -0.4 is 4.90 Å². The molecule has 1 heterocycles. The van der Waals surface area contributed by atoms with Crippen LogP contribution in [0.4, 0.5) is 11.4 Å². The van der Waals surface area contributed by atoms with Crippen LogP contribution in [0.5, 0.6) is 0 Å². The summed E-state index contributed by atoms with van der Waals surface area (Å²) in [5.41, 5.74) is 5.50. The monoisotopic (exact) mass is 502 g/mol. The van der Waals surface area contributed by atoms with Crippen LogP contribution in [-0.2, 0) is 15.0 Å². The Hall–Kier alpha value is -4.02. The number of hydrogen-bond donors (Lipinski definition) is 0. The van der Waals surface area contributed by atoms with E-state index < -0.39 is 17.3 Å². The summed E-state index contributed by atoms with van der Waals surface area (Å²) in [4.78, 5) is 35.0. The molecule has 10 rings (SSSR count). The third-order valence-corrected chi connectivity index (χ3v) is 8.63. The Kier molecular flexibility index (Phi) is 4.79. The summed E-state index contributed by atoms with van der Waals surface area (Å²) in [5.74, 6) is -1.90. The van der Waals surface area contributed by atoms with E-state index in [0.29, 0.717) is 10.7 Å². The van der Waals surface area contributed by atoms with Crippen LogP contribution in [-0.4, -0.2) is 18.0 Å². The SMILES string of the molecule is Cc1ccccc1N=CC12c3ccc(cc3)C(c3ccccc31)C1C(=O)N(c3ccccc3Cl)C(=O)C12. The Morgan fingerprint density at radius 1 is 0.838 bits per heavy atom. The van der Waals surface area contributed by atoms with Gasteiger partial charge in [-0.15, -0.1) is 0 Å². The van der Waals surface area contributed by atoms with Gasteiger partial charge in [0, 0.05) is 12.1 Å². The molecule has 4 bridgehead atoms. The van der Waals surface area contributed by atoms with E-state index in [9.17, 15) is 9.59 Å². The molecule has 0 aromatic heterocycles. The van der Waals surface area contributed by atoms with E-state index >= 15 is 0 Å². The topological polar surface area (TPSA) is 49.7 Å². The summed E-state index contributed by atoms with van der Waals surface area (Å²) in [7, 11) is 0. The van der Waals surface area contributed by atoms with E-state index in [1.54, 1.807) is 24.3 Å². The fourth-order valence-corrected chi connectivity index (χ4v) is 6.89. The minimum absolute atomic E-state index is 0.210. The van der Waals surface area contributed by atoms with Crippen molar-refractivity contribution in [2.75, 3.05) is 4.90 Å². The maximum atomic E-state index is 14.4. The van der Waals surface area contributed by atoms with Gasteiger partial charge < -0.3 is 0 Å². The van der Waals surface area contributed by atoms with Crippen molar-refractivity contribution in [1.82, 2.24) is 0 Å². The number of halogens is 1. The van der Waals surface area contributed by atoms with Crippen molar-refractivity contribution in [3.05, 3.63) is 130 Å². The molecule has 6 aliphatic rings. The van der Waals surface area contributed by atoms with E-state index in [0.717, 1.165) is 33.5 Å². The lowest BCUT2D eigenvalue weighted by atomic mass is 9.52. The summed E-state index contributed by atoms with van der Waals surface area (Å²) in [6.07, 6.45) is 1.92. The molecule has 2 amide bonds. The van der Waals surface area contributed by atoms with Crippen molar-refractivity contribution in [2.45, 2.75) is 18.3 Å². The Bertz CT molecular complexity index is 1630. The molecule has 5 heteroatoms. The third-order valence-electron chi connectivity index (χ3n) is 8.31. The molecule has 0 N–H and O–H groups in total. The number of benzene rings is 4. The second kappa shape index (κ2) is 7.99. The maximum absolute atomic E-state index is 14.4. The molecule has 1 aliphatic heterocycles. The van der Waals surface area contributed by atoms with Crippen molar-refractivity contribution in [3.63, 3.8) is 0 Å². The third kappa shape index (κ3) is 2.93. The molecule has 1 saturated heterocycles. The van der Waals surface area contributed by atoms with Crippen LogP contribution >= 0.6 is 11.6 Å². The van der Waals surface area contributed by atoms with Crippen LogP contribution in [0.15, 0.2) is 102 Å². The fraction of sp³-hybridized carbons (Fsp3) is 0.156. The van der Waals surface area contributed by atoms with Gasteiger partial charge in [0.05, 0.1) is 33.6 Å². The number of imide groups is 1. The molecule has 37 heavy (non-hydrogen) atoms. The molecule has 0 radical (unpaired) electrons. The van der Waals surface area contributed by atoms with Gasteiger partial charge in [-0.2, -0.15) is 0 Å². The van der Waals surface area contributed by atoms with E-state index in [2.05, 4.69) is 36.4 Å². The number of aryl methyl sites for hydroxylation is 1. The molecular formula is C32H23ClN2O2. The first kappa shape index (κ1) is 22.2. The summed E-state index contributed by atoms with van der Waals surface area (Å²) < 4.78 is 0. The number of para-hydroxylation sites is 2. The van der Waals surface area contributed by atoms with E-state index in [4.69, 9.17) is 16.6 Å². The molecule has 4 unspecified atom stereocenters. The lowest BCUT2D eigenvalue weighted by molar-refractivity contribution is -0.122. The first-order chi connectivity index (χ1) is 18.0. The molecule has 5 aliphatic carbocycles. The van der Waals surface area contributed by atoms with Crippen molar-refractivity contribution in [1.29, 1.82) is 0 Å². The van der Waals surface area contributed by atoms with Crippen LogP contribution in [0.25, 0.3) is 0 Å². The number of amides is 2. The number of rotatable bonds is 3. The second-order valence-corrected chi connectivity index (χ2v) is 10.5. The lowest BCUT2D eigenvalue weighted by Gasteiger charge is -2.48. The molecule has 4 atom stereocenters. The highest BCUT2D eigenvalue weighted by Crippen LogP contribution is 2.60. The average Bonchev–Trinajstić information content (AvgIpc) is 3.16.